The predicted octanol–water partition coefficient (Wildman–Crippen LogP) is -0.174. The average molecular weight is 177 g/mol. The molecular weight excluding hydrogens is 165 g/mol. The van der Waals surface area contributed by atoms with Gasteiger partial charge < -0.3 is 15.8 Å². The number of nitrogens with two attached hydrogens (primary N) is 1. The van der Waals surface area contributed by atoms with Crippen LogP contribution in [-0.2, 0) is 0 Å². The Morgan fingerprint density at radius 1 is 1.23 bits per heavy atom. The number of anilines is 1. The van der Waals surface area contributed by atoms with E-state index in [4.69, 9.17) is 15.8 Å². The maximum atomic E-state index is 8.97. The molecule has 0 atom stereocenters. The van der Waals surface area contributed by atoms with Gasteiger partial charge in [-0.2, -0.15) is 0 Å². The van der Waals surface area contributed by atoms with Crippen LogP contribution in [0.2, 0.25) is 0 Å². The number of hydrogen-bond donors (Lipinski definition) is 3. The van der Waals surface area contributed by atoms with Crippen LogP contribution < -0.4 is 11.2 Å². The van der Waals surface area contributed by atoms with Crippen LogP contribution in [0.25, 0.3) is 0 Å². The van der Waals surface area contributed by atoms with Crippen molar-refractivity contribution in [3.63, 3.8) is 0 Å². The Morgan fingerprint density at radius 2 is 1.92 bits per heavy atom. The Kier molecular flexibility index (Phi) is 2.02. The van der Waals surface area contributed by atoms with E-state index in [1.165, 1.54) is 12.8 Å². The number of nitrogen functional groups attached to an aromatic ring is 1. The smallest absolute Gasteiger partial charge is 0.423 e. The summed E-state index contributed by atoms with van der Waals surface area (Å²) in [6, 6.07) is 5.32. The van der Waals surface area contributed by atoms with Gasteiger partial charge in [-0.3, -0.25) is 0 Å². The molecule has 0 aliphatic heterocycles. The molecule has 4 N–H and O–H groups in total. The van der Waals surface area contributed by atoms with Gasteiger partial charge >= 0.3 is 7.12 Å². The first-order chi connectivity index (χ1) is 6.16. The van der Waals surface area contributed by atoms with E-state index in [1.54, 1.807) is 6.07 Å². The van der Waals surface area contributed by atoms with Gasteiger partial charge in [-0.1, -0.05) is 6.07 Å². The highest BCUT2D eigenvalue weighted by molar-refractivity contribution is 6.58. The van der Waals surface area contributed by atoms with Crippen molar-refractivity contribution in [1.82, 2.24) is 0 Å². The number of hydrogen-bond acceptors (Lipinski definition) is 3. The highest BCUT2D eigenvalue weighted by Gasteiger charge is 2.25. The third kappa shape index (κ3) is 1.84. The largest absolute Gasteiger partial charge is 0.488 e. The molecule has 1 aliphatic rings. The van der Waals surface area contributed by atoms with Gasteiger partial charge in [0.25, 0.3) is 0 Å². The molecule has 0 unspecified atom stereocenters. The maximum Gasteiger partial charge on any atom is 0.488 e. The molecule has 0 saturated heterocycles. The third-order valence-corrected chi connectivity index (χ3v) is 2.35. The average Bonchev–Trinajstić information content (AvgIpc) is 2.85. The van der Waals surface area contributed by atoms with Gasteiger partial charge in [-0.05, 0) is 41.9 Å². The van der Waals surface area contributed by atoms with Crippen molar-refractivity contribution in [3.05, 3.63) is 23.8 Å². The standard InChI is InChI=1S/C9H12BNO2/c11-9-4-7(6-1-2-6)3-8(5-9)10(12)13/h3-6,12-13H,1-2,11H2. The lowest BCUT2D eigenvalue weighted by Crippen LogP contribution is -2.30. The molecule has 1 fully saturated rings. The maximum absolute atomic E-state index is 8.97. The summed E-state index contributed by atoms with van der Waals surface area (Å²) in [6.45, 7) is 0. The fourth-order valence-corrected chi connectivity index (χ4v) is 1.50. The van der Waals surface area contributed by atoms with Crippen LogP contribution in [0.1, 0.15) is 24.3 Å². The third-order valence-electron chi connectivity index (χ3n) is 2.35. The molecule has 0 heterocycles. The minimum Gasteiger partial charge on any atom is -0.423 e. The van der Waals surface area contributed by atoms with E-state index >= 15 is 0 Å². The lowest BCUT2D eigenvalue weighted by Gasteiger charge is -2.05. The van der Waals surface area contributed by atoms with Crippen molar-refractivity contribution in [2.75, 3.05) is 5.73 Å². The van der Waals surface area contributed by atoms with Gasteiger partial charge in [-0.15, -0.1) is 0 Å². The minimum atomic E-state index is -1.42. The van der Waals surface area contributed by atoms with Crippen LogP contribution in [-0.4, -0.2) is 17.2 Å². The molecule has 13 heavy (non-hydrogen) atoms. The summed E-state index contributed by atoms with van der Waals surface area (Å²) < 4.78 is 0. The Labute approximate surface area is 77.3 Å². The zero-order valence-corrected chi connectivity index (χ0v) is 7.27. The predicted molar refractivity (Wildman–Crippen MR) is 52.7 cm³/mol. The molecule has 0 spiro atoms. The number of rotatable bonds is 2. The van der Waals surface area contributed by atoms with Crippen LogP contribution in [0.4, 0.5) is 5.69 Å². The van der Waals surface area contributed by atoms with E-state index in [9.17, 15) is 0 Å². The van der Waals surface area contributed by atoms with Crippen molar-refractivity contribution < 1.29 is 10.0 Å². The second-order valence-electron chi connectivity index (χ2n) is 3.58. The highest BCUT2D eigenvalue weighted by Crippen LogP contribution is 2.40. The lowest BCUT2D eigenvalue weighted by atomic mass is 9.79. The highest BCUT2D eigenvalue weighted by atomic mass is 16.4. The second-order valence-corrected chi connectivity index (χ2v) is 3.58. The molecule has 1 aromatic rings. The Hall–Kier alpha value is -0.995. The lowest BCUT2D eigenvalue weighted by molar-refractivity contribution is 0.426. The van der Waals surface area contributed by atoms with Gasteiger partial charge in [0.2, 0.25) is 0 Å². The Balaban J connectivity index is 2.36. The van der Waals surface area contributed by atoms with E-state index < -0.39 is 7.12 Å². The van der Waals surface area contributed by atoms with Crippen LogP contribution in [0, 0.1) is 0 Å². The summed E-state index contributed by atoms with van der Waals surface area (Å²) in [6.07, 6.45) is 2.37. The fraction of sp³-hybridized carbons (Fsp3) is 0.333. The SMILES string of the molecule is Nc1cc(B(O)O)cc(C2CC2)c1. The van der Waals surface area contributed by atoms with Crippen molar-refractivity contribution in [2.24, 2.45) is 0 Å². The van der Waals surface area contributed by atoms with E-state index in [-0.39, 0.29) is 0 Å². The molecule has 0 bridgehead atoms. The molecule has 0 radical (unpaired) electrons. The summed E-state index contributed by atoms with van der Waals surface area (Å²) in [5.74, 6) is 0.584. The van der Waals surface area contributed by atoms with Crippen LogP contribution in [0.5, 0.6) is 0 Å². The topological polar surface area (TPSA) is 66.5 Å². The molecule has 2 rings (SSSR count). The van der Waals surface area contributed by atoms with Crippen LogP contribution in [0.3, 0.4) is 0 Å². The van der Waals surface area contributed by atoms with E-state index in [0.29, 0.717) is 17.1 Å². The second kappa shape index (κ2) is 3.05. The first-order valence-electron chi connectivity index (χ1n) is 4.43. The molecule has 4 heteroatoms. The summed E-state index contributed by atoms with van der Waals surface area (Å²) in [5.41, 5.74) is 7.86. The molecule has 1 aromatic carbocycles. The molecular formula is C9H12BNO2. The molecule has 3 nitrogen and oxygen atoms in total. The van der Waals surface area contributed by atoms with Crippen molar-refractivity contribution in [2.45, 2.75) is 18.8 Å². The summed E-state index contributed by atoms with van der Waals surface area (Å²) in [5, 5.41) is 17.9. The van der Waals surface area contributed by atoms with Gasteiger partial charge in [0.1, 0.15) is 0 Å². The van der Waals surface area contributed by atoms with Gasteiger partial charge in [0.15, 0.2) is 0 Å². The zero-order chi connectivity index (χ0) is 9.42. The van der Waals surface area contributed by atoms with Crippen molar-refractivity contribution >= 4 is 18.3 Å². The zero-order valence-electron chi connectivity index (χ0n) is 7.27. The Morgan fingerprint density at radius 3 is 2.46 bits per heavy atom. The summed E-state index contributed by atoms with van der Waals surface area (Å²) in [4.78, 5) is 0. The molecule has 1 saturated carbocycles. The van der Waals surface area contributed by atoms with E-state index in [2.05, 4.69) is 0 Å². The van der Waals surface area contributed by atoms with E-state index in [0.717, 1.165) is 5.56 Å². The minimum absolute atomic E-state index is 0.488. The summed E-state index contributed by atoms with van der Waals surface area (Å²) in [7, 11) is -1.42. The first kappa shape index (κ1) is 8.60. The molecule has 68 valence electrons. The quantitative estimate of drug-likeness (QED) is 0.433. The first-order valence-corrected chi connectivity index (χ1v) is 4.43. The monoisotopic (exact) mass is 177 g/mol. The van der Waals surface area contributed by atoms with Crippen molar-refractivity contribution in [1.29, 1.82) is 0 Å². The molecule has 1 aliphatic carbocycles. The van der Waals surface area contributed by atoms with Crippen molar-refractivity contribution in [3.8, 4) is 0 Å². The summed E-state index contributed by atoms with van der Waals surface area (Å²) >= 11 is 0. The van der Waals surface area contributed by atoms with Crippen LogP contribution in [0.15, 0.2) is 18.2 Å². The van der Waals surface area contributed by atoms with Gasteiger partial charge in [0, 0.05) is 5.69 Å². The van der Waals surface area contributed by atoms with Gasteiger partial charge in [-0.25, -0.2) is 0 Å². The number of benzene rings is 1. The van der Waals surface area contributed by atoms with Crippen LogP contribution >= 0.6 is 0 Å². The van der Waals surface area contributed by atoms with Gasteiger partial charge in [0.05, 0.1) is 0 Å². The molecule has 0 amide bonds. The van der Waals surface area contributed by atoms with E-state index in [1.807, 2.05) is 12.1 Å². The molecule has 0 aromatic heterocycles. The Bertz CT molecular complexity index is 303. The fourth-order valence-electron chi connectivity index (χ4n) is 1.50. The normalized spacial score (nSPS) is 15.8.